The van der Waals surface area contributed by atoms with Crippen LogP contribution in [0, 0.1) is 0 Å². The van der Waals surface area contributed by atoms with Crippen molar-refractivity contribution in [3.63, 3.8) is 0 Å². The van der Waals surface area contributed by atoms with Gasteiger partial charge in [-0.3, -0.25) is 4.99 Å². The van der Waals surface area contributed by atoms with Crippen LogP contribution in [0.25, 0.3) is 0 Å². The molecule has 0 atom stereocenters. The van der Waals surface area contributed by atoms with Gasteiger partial charge >= 0.3 is 0 Å². The van der Waals surface area contributed by atoms with Gasteiger partial charge in [0.05, 0.1) is 17.9 Å². The summed E-state index contributed by atoms with van der Waals surface area (Å²) in [5.41, 5.74) is 2.11. The molecule has 0 radical (unpaired) electrons. The highest BCUT2D eigenvalue weighted by Crippen LogP contribution is 2.24. The smallest absolute Gasteiger partial charge is 0.191 e. The van der Waals surface area contributed by atoms with E-state index in [-0.39, 0.29) is 0 Å². The topological polar surface area (TPSA) is 78.6 Å². The van der Waals surface area contributed by atoms with Crippen molar-refractivity contribution in [3.05, 3.63) is 28.6 Å². The van der Waals surface area contributed by atoms with Crippen molar-refractivity contribution in [1.29, 1.82) is 0 Å². The van der Waals surface area contributed by atoms with Crippen molar-refractivity contribution in [1.82, 2.24) is 20.8 Å². The molecule has 2 aromatic heterocycles. The first-order valence-electron chi connectivity index (χ1n) is 9.25. The van der Waals surface area contributed by atoms with Gasteiger partial charge < -0.3 is 20.1 Å². The zero-order valence-electron chi connectivity index (χ0n) is 15.8. The van der Waals surface area contributed by atoms with Crippen LogP contribution in [-0.4, -0.2) is 42.8 Å². The Balaban J connectivity index is 1.41. The van der Waals surface area contributed by atoms with Crippen molar-refractivity contribution < 1.29 is 4.52 Å². The number of nitrogens with one attached hydrogen (secondary N) is 2. The molecule has 26 heavy (non-hydrogen) atoms. The molecule has 0 saturated carbocycles. The van der Waals surface area contributed by atoms with E-state index >= 15 is 0 Å². The van der Waals surface area contributed by atoms with Gasteiger partial charge in [0.15, 0.2) is 16.9 Å². The molecule has 1 fully saturated rings. The van der Waals surface area contributed by atoms with E-state index in [0.717, 1.165) is 54.3 Å². The third-order valence-corrected chi connectivity index (χ3v) is 5.36. The summed E-state index contributed by atoms with van der Waals surface area (Å²) in [5.74, 6) is 1.93. The van der Waals surface area contributed by atoms with Crippen LogP contribution in [0.1, 0.15) is 49.8 Å². The zero-order chi connectivity index (χ0) is 18.4. The second kappa shape index (κ2) is 9.02. The fraction of sp³-hybridized carbons (Fsp3) is 0.611. The second-order valence-corrected chi connectivity index (χ2v) is 7.63. The summed E-state index contributed by atoms with van der Waals surface area (Å²) >= 11 is 1.75. The van der Waals surface area contributed by atoms with E-state index in [2.05, 4.69) is 44.9 Å². The van der Waals surface area contributed by atoms with Gasteiger partial charge in [-0.2, -0.15) is 0 Å². The van der Waals surface area contributed by atoms with E-state index in [1.807, 2.05) is 6.07 Å². The van der Waals surface area contributed by atoms with Gasteiger partial charge in [-0.05, 0) is 18.8 Å². The van der Waals surface area contributed by atoms with Crippen LogP contribution in [0.2, 0.25) is 0 Å². The predicted octanol–water partition coefficient (Wildman–Crippen LogP) is 2.76. The lowest BCUT2D eigenvalue weighted by Crippen LogP contribution is -2.37. The first-order chi connectivity index (χ1) is 12.7. The Bertz CT molecular complexity index is 717. The first kappa shape index (κ1) is 18.7. The lowest BCUT2D eigenvalue weighted by atomic mass is 10.1. The number of thiazole rings is 1. The van der Waals surface area contributed by atoms with Crippen molar-refractivity contribution in [3.8, 4) is 0 Å². The molecule has 2 N–H and O–H groups in total. The summed E-state index contributed by atoms with van der Waals surface area (Å²) < 4.78 is 5.34. The van der Waals surface area contributed by atoms with Crippen molar-refractivity contribution in [2.45, 2.75) is 45.6 Å². The number of anilines is 1. The molecule has 0 aliphatic carbocycles. The normalized spacial score (nSPS) is 15.1. The Hall–Kier alpha value is -2.09. The van der Waals surface area contributed by atoms with Gasteiger partial charge in [0.2, 0.25) is 0 Å². The largest absolute Gasteiger partial charge is 0.359 e. The molecule has 2 aromatic rings. The predicted molar refractivity (Wildman–Crippen MR) is 106 cm³/mol. The Morgan fingerprint density at radius 1 is 1.35 bits per heavy atom. The second-order valence-electron chi connectivity index (χ2n) is 6.79. The molecule has 0 aromatic carbocycles. The Kier molecular flexibility index (Phi) is 6.49. The van der Waals surface area contributed by atoms with Gasteiger partial charge in [0.25, 0.3) is 0 Å². The molecule has 142 valence electrons. The Morgan fingerprint density at radius 3 is 2.85 bits per heavy atom. The molecular weight excluding hydrogens is 348 g/mol. The zero-order valence-corrected chi connectivity index (χ0v) is 16.6. The van der Waals surface area contributed by atoms with Crippen molar-refractivity contribution >= 4 is 22.4 Å². The molecule has 8 heteroatoms. The summed E-state index contributed by atoms with van der Waals surface area (Å²) in [7, 11) is 1.77. The third-order valence-electron chi connectivity index (χ3n) is 4.41. The summed E-state index contributed by atoms with van der Waals surface area (Å²) in [6, 6.07) is 1.99. The average molecular weight is 377 g/mol. The first-order valence-corrected chi connectivity index (χ1v) is 10.1. The molecule has 0 bridgehead atoms. The highest BCUT2D eigenvalue weighted by molar-refractivity contribution is 7.13. The van der Waals surface area contributed by atoms with Gasteiger partial charge in [0, 0.05) is 44.5 Å². The van der Waals surface area contributed by atoms with Crippen molar-refractivity contribution in [2.24, 2.45) is 4.99 Å². The number of hydrogen-bond donors (Lipinski definition) is 2. The van der Waals surface area contributed by atoms with Gasteiger partial charge in [-0.15, -0.1) is 11.3 Å². The summed E-state index contributed by atoms with van der Waals surface area (Å²) in [4.78, 5) is 11.4. The molecule has 1 saturated heterocycles. The number of hydrogen-bond acceptors (Lipinski definition) is 6. The molecule has 0 amide bonds. The SMILES string of the molecule is CN=C(NCCc1csc(N2CCCC2)n1)NCc1cc(C(C)C)no1. The maximum Gasteiger partial charge on any atom is 0.191 e. The molecule has 1 aliphatic heterocycles. The Labute approximate surface area is 158 Å². The van der Waals surface area contributed by atoms with E-state index in [1.54, 1.807) is 18.4 Å². The highest BCUT2D eigenvalue weighted by Gasteiger charge is 2.15. The van der Waals surface area contributed by atoms with Crippen LogP contribution in [0.15, 0.2) is 21.0 Å². The molecule has 3 rings (SSSR count). The van der Waals surface area contributed by atoms with Gasteiger partial charge in [-0.1, -0.05) is 19.0 Å². The minimum absolute atomic E-state index is 0.369. The van der Waals surface area contributed by atoms with Crippen LogP contribution < -0.4 is 15.5 Å². The van der Waals surface area contributed by atoms with E-state index in [9.17, 15) is 0 Å². The molecule has 0 spiro atoms. The lowest BCUT2D eigenvalue weighted by Gasteiger charge is -2.12. The van der Waals surface area contributed by atoms with E-state index in [1.165, 1.54) is 12.8 Å². The molecule has 1 aliphatic rings. The molecule has 0 unspecified atom stereocenters. The van der Waals surface area contributed by atoms with Gasteiger partial charge in [0.1, 0.15) is 0 Å². The van der Waals surface area contributed by atoms with E-state index in [4.69, 9.17) is 9.51 Å². The number of aliphatic imine (C=N–C) groups is 1. The van der Waals surface area contributed by atoms with Gasteiger partial charge in [-0.25, -0.2) is 4.98 Å². The summed E-state index contributed by atoms with van der Waals surface area (Å²) in [6.45, 7) is 7.84. The fourth-order valence-electron chi connectivity index (χ4n) is 2.85. The van der Waals surface area contributed by atoms with Crippen LogP contribution in [0.3, 0.4) is 0 Å². The number of nitrogens with zero attached hydrogens (tertiary/aromatic N) is 4. The number of guanidine groups is 1. The third kappa shape index (κ3) is 4.97. The minimum atomic E-state index is 0.369. The standard InChI is InChI=1S/C18H28N6OS/c1-13(2)16-10-15(25-23-16)11-21-17(19-3)20-7-6-14-12-26-18(22-14)24-8-4-5-9-24/h10,12-13H,4-9,11H2,1-3H3,(H2,19,20,21). The van der Waals surface area contributed by atoms with Crippen LogP contribution in [0.5, 0.6) is 0 Å². The summed E-state index contributed by atoms with van der Waals surface area (Å²) in [6.07, 6.45) is 3.44. The molecule has 3 heterocycles. The quantitative estimate of drug-likeness (QED) is 0.571. The monoisotopic (exact) mass is 376 g/mol. The number of aromatic nitrogens is 2. The van der Waals surface area contributed by atoms with E-state index < -0.39 is 0 Å². The highest BCUT2D eigenvalue weighted by atomic mass is 32.1. The van der Waals surface area contributed by atoms with Crippen LogP contribution >= 0.6 is 11.3 Å². The van der Waals surface area contributed by atoms with Crippen LogP contribution in [0.4, 0.5) is 5.13 Å². The van der Waals surface area contributed by atoms with E-state index in [0.29, 0.717) is 12.5 Å². The van der Waals surface area contributed by atoms with Crippen molar-refractivity contribution in [2.75, 3.05) is 31.6 Å². The number of rotatable bonds is 7. The maximum absolute atomic E-state index is 5.34. The minimum Gasteiger partial charge on any atom is -0.359 e. The fourth-order valence-corrected chi connectivity index (χ4v) is 3.76. The molecular formula is C18H28N6OS. The summed E-state index contributed by atoms with van der Waals surface area (Å²) in [5, 5.41) is 14.0. The maximum atomic E-state index is 5.34. The Morgan fingerprint density at radius 2 is 2.15 bits per heavy atom. The average Bonchev–Trinajstić information content (AvgIpc) is 3.39. The lowest BCUT2D eigenvalue weighted by molar-refractivity contribution is 0.372. The molecule has 7 nitrogen and oxygen atoms in total. The van der Waals surface area contributed by atoms with Crippen LogP contribution in [-0.2, 0) is 13.0 Å².